The largest absolute Gasteiger partial charge is 0.481 e. The van der Waals surface area contributed by atoms with Crippen LogP contribution in [0.1, 0.15) is 0 Å². The van der Waals surface area contributed by atoms with Crippen molar-refractivity contribution in [1.29, 1.82) is 0 Å². The van der Waals surface area contributed by atoms with Crippen LogP contribution in [0.25, 0.3) is 0 Å². The normalized spacial score (nSPS) is 12.2. The maximum Gasteiger partial charge on any atom is 0.215 e. The molecular formula is C11H19N3O3. The number of anilines is 2. The Hall–Kier alpha value is -1.53. The number of nitrogen functional groups attached to an aromatic ring is 1. The van der Waals surface area contributed by atoms with Crippen molar-refractivity contribution in [2.75, 3.05) is 45.1 Å². The van der Waals surface area contributed by atoms with E-state index in [0.717, 1.165) is 0 Å². The Kier molecular flexibility index (Phi) is 4.99. The molecule has 6 heteroatoms. The molecule has 1 atom stereocenters. The Balaban J connectivity index is 2.76. The highest BCUT2D eigenvalue weighted by Gasteiger charge is 2.13. The second-order valence-electron chi connectivity index (χ2n) is 3.76. The van der Waals surface area contributed by atoms with E-state index in [1.807, 2.05) is 0 Å². The molecule has 1 heterocycles. The van der Waals surface area contributed by atoms with Crippen molar-refractivity contribution in [2.24, 2.45) is 0 Å². The zero-order valence-corrected chi connectivity index (χ0v) is 10.4. The van der Waals surface area contributed by atoms with Gasteiger partial charge in [0, 0.05) is 26.8 Å². The predicted molar refractivity (Wildman–Crippen MR) is 66.4 cm³/mol. The average molecular weight is 241 g/mol. The second-order valence-corrected chi connectivity index (χ2v) is 3.76. The van der Waals surface area contributed by atoms with Gasteiger partial charge < -0.3 is 25.2 Å². The quantitative estimate of drug-likeness (QED) is 0.736. The van der Waals surface area contributed by atoms with Crippen molar-refractivity contribution >= 4 is 11.5 Å². The van der Waals surface area contributed by atoms with Crippen LogP contribution < -0.4 is 15.4 Å². The first-order valence-corrected chi connectivity index (χ1v) is 5.27. The van der Waals surface area contributed by atoms with Crippen LogP contribution in [0.15, 0.2) is 12.1 Å². The molecule has 1 unspecified atom stereocenters. The second kappa shape index (κ2) is 6.27. The van der Waals surface area contributed by atoms with E-state index >= 15 is 0 Å². The van der Waals surface area contributed by atoms with E-state index in [4.69, 9.17) is 15.2 Å². The third-order valence-electron chi connectivity index (χ3n) is 2.29. The number of likely N-dealkylation sites (N-methyl/N-ethyl adjacent to an activating group) is 1. The molecule has 0 saturated carbocycles. The van der Waals surface area contributed by atoms with E-state index in [1.165, 1.54) is 0 Å². The van der Waals surface area contributed by atoms with Crippen molar-refractivity contribution in [3.63, 3.8) is 0 Å². The number of nitrogens with zero attached hydrogens (tertiary/aromatic N) is 2. The highest BCUT2D eigenvalue weighted by molar-refractivity contribution is 5.63. The summed E-state index contributed by atoms with van der Waals surface area (Å²) >= 11 is 0. The lowest BCUT2D eigenvalue weighted by Gasteiger charge is -2.22. The molecule has 1 aromatic heterocycles. The number of hydrogen-bond donors (Lipinski definition) is 2. The SMILES string of the molecule is COCC(O)CN(C)c1nc(OC)ccc1N. The number of nitrogens with two attached hydrogens (primary N) is 1. The fraction of sp³-hybridized carbons (Fsp3) is 0.545. The Morgan fingerprint density at radius 2 is 2.18 bits per heavy atom. The molecule has 0 aliphatic carbocycles. The Labute approximate surface area is 101 Å². The van der Waals surface area contributed by atoms with Gasteiger partial charge in [-0.15, -0.1) is 0 Å². The van der Waals surface area contributed by atoms with Crippen molar-refractivity contribution in [1.82, 2.24) is 4.98 Å². The van der Waals surface area contributed by atoms with E-state index in [2.05, 4.69) is 4.98 Å². The standard InChI is InChI=1S/C11H19N3O3/c1-14(6-8(15)7-16-2)11-9(12)4-5-10(13-11)17-3/h4-5,8,15H,6-7,12H2,1-3H3. The van der Waals surface area contributed by atoms with Gasteiger partial charge in [0.25, 0.3) is 0 Å². The summed E-state index contributed by atoms with van der Waals surface area (Å²) in [6.07, 6.45) is -0.586. The van der Waals surface area contributed by atoms with Crippen LogP contribution >= 0.6 is 0 Å². The van der Waals surface area contributed by atoms with Gasteiger partial charge in [-0.1, -0.05) is 0 Å². The molecule has 0 fully saturated rings. The molecule has 96 valence electrons. The molecule has 0 aliphatic heterocycles. The van der Waals surface area contributed by atoms with E-state index < -0.39 is 6.10 Å². The van der Waals surface area contributed by atoms with Crippen LogP contribution in [0, 0.1) is 0 Å². The van der Waals surface area contributed by atoms with Crippen LogP contribution in [-0.2, 0) is 4.74 Å². The maximum absolute atomic E-state index is 9.63. The molecule has 17 heavy (non-hydrogen) atoms. The first kappa shape index (κ1) is 13.5. The van der Waals surface area contributed by atoms with E-state index in [9.17, 15) is 5.11 Å². The summed E-state index contributed by atoms with van der Waals surface area (Å²) in [5.41, 5.74) is 6.36. The minimum absolute atomic E-state index is 0.272. The van der Waals surface area contributed by atoms with Crippen molar-refractivity contribution in [2.45, 2.75) is 6.10 Å². The monoisotopic (exact) mass is 241 g/mol. The lowest BCUT2D eigenvalue weighted by molar-refractivity contribution is 0.0694. The molecule has 3 N–H and O–H groups in total. The smallest absolute Gasteiger partial charge is 0.215 e. The van der Waals surface area contributed by atoms with Gasteiger partial charge in [0.15, 0.2) is 5.82 Å². The zero-order valence-electron chi connectivity index (χ0n) is 10.4. The summed E-state index contributed by atoms with van der Waals surface area (Å²) in [5, 5.41) is 9.63. The summed E-state index contributed by atoms with van der Waals surface area (Å²) in [6.45, 7) is 0.659. The molecule has 0 aromatic carbocycles. The summed E-state index contributed by atoms with van der Waals surface area (Å²) in [5.74, 6) is 1.07. The molecule has 0 amide bonds. The number of aliphatic hydroxyl groups excluding tert-OH is 1. The molecule has 1 aromatic rings. The summed E-state index contributed by atoms with van der Waals surface area (Å²) < 4.78 is 9.89. The number of rotatable bonds is 6. The minimum Gasteiger partial charge on any atom is -0.481 e. The molecule has 0 bridgehead atoms. The number of methoxy groups -OCH3 is 2. The third-order valence-corrected chi connectivity index (χ3v) is 2.29. The van der Waals surface area contributed by atoms with Gasteiger partial charge in [-0.2, -0.15) is 4.98 Å². The highest BCUT2D eigenvalue weighted by Crippen LogP contribution is 2.22. The lowest BCUT2D eigenvalue weighted by atomic mass is 10.3. The molecule has 6 nitrogen and oxygen atoms in total. The van der Waals surface area contributed by atoms with Crippen molar-refractivity contribution in [3.05, 3.63) is 12.1 Å². The number of pyridine rings is 1. The molecule has 0 aliphatic rings. The van der Waals surface area contributed by atoms with Gasteiger partial charge >= 0.3 is 0 Å². The van der Waals surface area contributed by atoms with Gasteiger partial charge in [0.1, 0.15) is 0 Å². The van der Waals surface area contributed by atoms with Crippen LogP contribution in [0.5, 0.6) is 5.88 Å². The van der Waals surface area contributed by atoms with Gasteiger partial charge in [-0.25, -0.2) is 0 Å². The Bertz CT molecular complexity index is 360. The highest BCUT2D eigenvalue weighted by atomic mass is 16.5. The average Bonchev–Trinajstić information content (AvgIpc) is 2.29. The fourth-order valence-electron chi connectivity index (χ4n) is 1.51. The zero-order chi connectivity index (χ0) is 12.8. The first-order chi connectivity index (χ1) is 8.08. The van der Waals surface area contributed by atoms with Crippen LogP contribution in [0.2, 0.25) is 0 Å². The number of ether oxygens (including phenoxy) is 2. The van der Waals surface area contributed by atoms with E-state index in [-0.39, 0.29) is 6.61 Å². The number of aromatic nitrogens is 1. The van der Waals surface area contributed by atoms with Crippen LogP contribution in [0.3, 0.4) is 0 Å². The van der Waals surface area contributed by atoms with Crippen LogP contribution in [0.4, 0.5) is 11.5 Å². The third kappa shape index (κ3) is 3.76. The summed E-state index contributed by atoms with van der Waals surface area (Å²) in [7, 11) is 4.89. The molecular weight excluding hydrogens is 222 g/mol. The van der Waals surface area contributed by atoms with Gasteiger partial charge in [-0.3, -0.25) is 0 Å². The van der Waals surface area contributed by atoms with Crippen molar-refractivity contribution < 1.29 is 14.6 Å². The van der Waals surface area contributed by atoms with Crippen LogP contribution in [-0.4, -0.2) is 50.6 Å². The molecule has 0 saturated heterocycles. The van der Waals surface area contributed by atoms with Gasteiger partial charge in [0.05, 0.1) is 25.5 Å². The fourth-order valence-corrected chi connectivity index (χ4v) is 1.51. The maximum atomic E-state index is 9.63. The van der Waals surface area contributed by atoms with Gasteiger partial charge in [0.2, 0.25) is 5.88 Å². The molecule has 0 radical (unpaired) electrons. The van der Waals surface area contributed by atoms with Gasteiger partial charge in [-0.05, 0) is 6.07 Å². The Morgan fingerprint density at radius 3 is 2.76 bits per heavy atom. The van der Waals surface area contributed by atoms with Crippen molar-refractivity contribution in [3.8, 4) is 5.88 Å². The predicted octanol–water partition coefficient (Wildman–Crippen LogP) is 0.116. The van der Waals surface area contributed by atoms with E-state index in [1.54, 1.807) is 38.3 Å². The topological polar surface area (TPSA) is 80.8 Å². The minimum atomic E-state index is -0.586. The van der Waals surface area contributed by atoms with E-state index in [0.29, 0.717) is 23.9 Å². The first-order valence-electron chi connectivity index (χ1n) is 5.27. The number of aliphatic hydroxyl groups is 1. The summed E-state index contributed by atoms with van der Waals surface area (Å²) in [4.78, 5) is 6.00. The summed E-state index contributed by atoms with van der Waals surface area (Å²) in [6, 6.07) is 3.42. The number of hydrogen-bond acceptors (Lipinski definition) is 6. The molecule has 0 spiro atoms. The Morgan fingerprint density at radius 1 is 1.47 bits per heavy atom. The lowest BCUT2D eigenvalue weighted by Crippen LogP contribution is -2.32. The molecule has 1 rings (SSSR count).